The van der Waals surface area contributed by atoms with Gasteiger partial charge in [-0.3, -0.25) is 14.9 Å². The van der Waals surface area contributed by atoms with Crippen LogP contribution in [0.2, 0.25) is 0 Å². The van der Waals surface area contributed by atoms with E-state index in [1.54, 1.807) is 31.2 Å². The van der Waals surface area contributed by atoms with Crippen LogP contribution in [0.25, 0.3) is 0 Å². The summed E-state index contributed by atoms with van der Waals surface area (Å²) in [7, 11) is 0. The van der Waals surface area contributed by atoms with E-state index in [-0.39, 0.29) is 23.1 Å². The Morgan fingerprint density at radius 1 is 1.29 bits per heavy atom. The molecule has 0 spiro atoms. The van der Waals surface area contributed by atoms with Crippen LogP contribution in [0, 0.1) is 10.1 Å². The Morgan fingerprint density at radius 3 is 2.86 bits per heavy atom. The molecule has 1 amide bonds. The number of ether oxygens (including phenoxy) is 3. The molecule has 0 radical (unpaired) electrons. The minimum absolute atomic E-state index is 0.0997. The van der Waals surface area contributed by atoms with Crippen LogP contribution in [0.3, 0.4) is 0 Å². The van der Waals surface area contributed by atoms with Crippen molar-refractivity contribution in [3.63, 3.8) is 0 Å². The maximum absolute atomic E-state index is 12.5. The van der Waals surface area contributed by atoms with Gasteiger partial charge >= 0.3 is 5.69 Å². The lowest BCUT2D eigenvalue weighted by atomic mass is 10.1. The first kappa shape index (κ1) is 19.6. The van der Waals surface area contributed by atoms with Crippen LogP contribution in [0.4, 0.5) is 11.4 Å². The third kappa shape index (κ3) is 4.98. The van der Waals surface area contributed by atoms with Gasteiger partial charge in [0.25, 0.3) is 5.91 Å². The van der Waals surface area contributed by atoms with Crippen molar-refractivity contribution in [2.45, 2.75) is 25.9 Å². The molecule has 1 aliphatic rings. The molecule has 1 heterocycles. The number of carbonyl (C=O) groups is 1. The van der Waals surface area contributed by atoms with Gasteiger partial charge in [-0.25, -0.2) is 0 Å². The van der Waals surface area contributed by atoms with Gasteiger partial charge in [-0.2, -0.15) is 0 Å². The molecule has 2 aromatic carbocycles. The lowest BCUT2D eigenvalue weighted by Gasteiger charge is -2.13. The monoisotopic (exact) mass is 386 g/mol. The predicted octanol–water partition coefficient (Wildman–Crippen LogP) is 3.80. The maximum Gasteiger partial charge on any atom is 0.311 e. The van der Waals surface area contributed by atoms with Crippen molar-refractivity contribution in [2.24, 2.45) is 0 Å². The Labute approximate surface area is 162 Å². The zero-order valence-electron chi connectivity index (χ0n) is 15.6. The lowest BCUT2D eigenvalue weighted by molar-refractivity contribution is -0.385. The fraction of sp³-hybridized carbons (Fsp3) is 0.350. The van der Waals surface area contributed by atoms with Crippen LogP contribution < -0.4 is 14.8 Å². The average Bonchev–Trinajstić information content (AvgIpc) is 3.20. The highest BCUT2D eigenvalue weighted by Crippen LogP contribution is 2.28. The summed E-state index contributed by atoms with van der Waals surface area (Å²) < 4.78 is 16.5. The first-order chi connectivity index (χ1) is 13.6. The Balaban J connectivity index is 1.67. The van der Waals surface area contributed by atoms with Gasteiger partial charge in [0, 0.05) is 30.0 Å². The SMILES string of the molecule is CCOc1ccc(C(=O)Nc2cccc(OCC3CCCO3)c2)cc1[N+](=O)[O-]. The van der Waals surface area contributed by atoms with Gasteiger partial charge in [0.2, 0.25) is 0 Å². The van der Waals surface area contributed by atoms with Crippen molar-refractivity contribution < 1.29 is 23.9 Å². The molecule has 8 heteroatoms. The van der Waals surface area contributed by atoms with E-state index in [0.29, 0.717) is 24.7 Å². The summed E-state index contributed by atoms with van der Waals surface area (Å²) in [5, 5.41) is 14.0. The molecule has 1 unspecified atom stereocenters. The van der Waals surface area contributed by atoms with Crippen LogP contribution in [-0.4, -0.2) is 36.8 Å². The summed E-state index contributed by atoms with van der Waals surface area (Å²) >= 11 is 0. The molecule has 1 atom stereocenters. The van der Waals surface area contributed by atoms with Crippen LogP contribution in [0.15, 0.2) is 42.5 Å². The summed E-state index contributed by atoms with van der Waals surface area (Å²) in [6.45, 7) is 3.25. The molecule has 0 saturated carbocycles. The van der Waals surface area contributed by atoms with E-state index >= 15 is 0 Å². The number of rotatable bonds is 8. The van der Waals surface area contributed by atoms with Crippen molar-refractivity contribution in [1.29, 1.82) is 0 Å². The Bertz CT molecular complexity index is 848. The third-order valence-electron chi connectivity index (χ3n) is 4.27. The lowest BCUT2D eigenvalue weighted by Crippen LogP contribution is -2.16. The highest BCUT2D eigenvalue weighted by atomic mass is 16.6. The Hall–Kier alpha value is -3.13. The van der Waals surface area contributed by atoms with E-state index in [1.165, 1.54) is 18.2 Å². The summed E-state index contributed by atoms with van der Waals surface area (Å²) in [5.74, 6) is 0.293. The van der Waals surface area contributed by atoms with E-state index in [2.05, 4.69) is 5.32 Å². The van der Waals surface area contributed by atoms with Crippen molar-refractivity contribution in [3.8, 4) is 11.5 Å². The van der Waals surface area contributed by atoms with Crippen LogP contribution in [0.5, 0.6) is 11.5 Å². The van der Waals surface area contributed by atoms with Crippen molar-refractivity contribution in [3.05, 3.63) is 58.1 Å². The first-order valence-electron chi connectivity index (χ1n) is 9.14. The molecular weight excluding hydrogens is 364 g/mol. The molecule has 1 N–H and O–H groups in total. The minimum Gasteiger partial charge on any atom is -0.491 e. The molecule has 1 fully saturated rings. The molecule has 8 nitrogen and oxygen atoms in total. The number of carbonyl (C=O) groups excluding carboxylic acids is 1. The summed E-state index contributed by atoms with van der Waals surface area (Å²) in [6.07, 6.45) is 2.12. The van der Waals surface area contributed by atoms with Gasteiger partial charge in [0.15, 0.2) is 5.75 Å². The van der Waals surface area contributed by atoms with Gasteiger partial charge in [0.05, 0.1) is 17.6 Å². The number of hydrogen-bond donors (Lipinski definition) is 1. The highest BCUT2D eigenvalue weighted by Gasteiger charge is 2.19. The fourth-order valence-corrected chi connectivity index (χ4v) is 2.91. The van der Waals surface area contributed by atoms with Crippen LogP contribution in [0.1, 0.15) is 30.1 Å². The number of nitro benzene ring substituents is 1. The van der Waals surface area contributed by atoms with Crippen molar-refractivity contribution in [2.75, 3.05) is 25.1 Å². The average molecular weight is 386 g/mol. The summed E-state index contributed by atoms with van der Waals surface area (Å²) in [6, 6.07) is 11.1. The number of nitrogens with one attached hydrogen (secondary N) is 1. The number of benzene rings is 2. The smallest absolute Gasteiger partial charge is 0.311 e. The van der Waals surface area contributed by atoms with Gasteiger partial charge in [0.1, 0.15) is 12.4 Å². The Morgan fingerprint density at radius 2 is 2.14 bits per heavy atom. The fourth-order valence-electron chi connectivity index (χ4n) is 2.91. The second-order valence-electron chi connectivity index (χ2n) is 6.30. The van der Waals surface area contributed by atoms with Gasteiger partial charge in [-0.1, -0.05) is 6.07 Å². The second kappa shape index (κ2) is 9.18. The van der Waals surface area contributed by atoms with Crippen molar-refractivity contribution >= 4 is 17.3 Å². The highest BCUT2D eigenvalue weighted by molar-refractivity contribution is 6.04. The van der Waals surface area contributed by atoms with Crippen LogP contribution >= 0.6 is 0 Å². The maximum atomic E-state index is 12.5. The van der Waals surface area contributed by atoms with E-state index in [0.717, 1.165) is 19.4 Å². The van der Waals surface area contributed by atoms with Gasteiger partial charge < -0.3 is 19.5 Å². The molecule has 1 aliphatic heterocycles. The third-order valence-corrected chi connectivity index (χ3v) is 4.27. The molecule has 0 aliphatic carbocycles. The molecule has 28 heavy (non-hydrogen) atoms. The summed E-state index contributed by atoms with van der Waals surface area (Å²) in [4.78, 5) is 23.2. The number of amides is 1. The molecule has 0 bridgehead atoms. The van der Waals surface area contributed by atoms with E-state index in [9.17, 15) is 14.9 Å². The minimum atomic E-state index is -0.568. The van der Waals surface area contributed by atoms with Crippen LogP contribution in [-0.2, 0) is 4.74 Å². The van der Waals surface area contributed by atoms with E-state index < -0.39 is 10.8 Å². The topological polar surface area (TPSA) is 99.9 Å². The predicted molar refractivity (Wildman–Crippen MR) is 103 cm³/mol. The zero-order valence-corrected chi connectivity index (χ0v) is 15.6. The van der Waals surface area contributed by atoms with E-state index in [4.69, 9.17) is 14.2 Å². The molecule has 2 aromatic rings. The number of nitro groups is 1. The molecular formula is C20H22N2O6. The normalized spacial score (nSPS) is 15.8. The van der Waals surface area contributed by atoms with Gasteiger partial charge in [-0.15, -0.1) is 0 Å². The number of nitrogens with zero attached hydrogens (tertiary/aromatic N) is 1. The van der Waals surface area contributed by atoms with Crippen molar-refractivity contribution in [1.82, 2.24) is 0 Å². The number of anilines is 1. The van der Waals surface area contributed by atoms with E-state index in [1.807, 2.05) is 0 Å². The number of hydrogen-bond acceptors (Lipinski definition) is 6. The standard InChI is InChI=1S/C20H22N2O6/c1-2-26-19-9-8-14(11-18(19)22(24)25)20(23)21-15-5-3-6-16(12-15)28-13-17-7-4-10-27-17/h3,5-6,8-9,11-12,17H,2,4,7,10,13H2,1H3,(H,21,23). The zero-order chi connectivity index (χ0) is 19.9. The first-order valence-corrected chi connectivity index (χ1v) is 9.14. The summed E-state index contributed by atoms with van der Waals surface area (Å²) in [5.41, 5.74) is 0.454. The second-order valence-corrected chi connectivity index (χ2v) is 6.30. The Kier molecular flexibility index (Phi) is 6.44. The molecule has 0 aromatic heterocycles. The molecule has 1 saturated heterocycles. The molecule has 148 valence electrons. The van der Waals surface area contributed by atoms with Gasteiger partial charge in [-0.05, 0) is 44.0 Å². The quantitative estimate of drug-likeness (QED) is 0.547. The largest absolute Gasteiger partial charge is 0.491 e. The molecule has 3 rings (SSSR count).